The molecular weight excluding hydrogens is 370 g/mol. The van der Waals surface area contributed by atoms with Crippen LogP contribution in [0.3, 0.4) is 0 Å². The number of alkyl carbamates (subject to hydrolysis) is 1. The minimum atomic E-state index is -0.439. The Morgan fingerprint density at radius 2 is 1.61 bits per heavy atom. The van der Waals surface area contributed by atoms with Gasteiger partial charge in [-0.15, -0.1) is 11.3 Å². The van der Waals surface area contributed by atoms with E-state index in [-0.39, 0.29) is 5.92 Å². The molecule has 140 valence electrons. The molecule has 1 aromatic heterocycles. The van der Waals surface area contributed by atoms with Crippen molar-refractivity contribution in [1.29, 1.82) is 0 Å². The molecule has 4 rings (SSSR count). The minimum Gasteiger partial charge on any atom is -0.449 e. The van der Waals surface area contributed by atoms with Gasteiger partial charge in [0.05, 0.1) is 4.88 Å². The van der Waals surface area contributed by atoms with Crippen LogP contribution in [-0.2, 0) is 4.74 Å². The summed E-state index contributed by atoms with van der Waals surface area (Å²) in [5.41, 5.74) is 4.81. The lowest BCUT2D eigenvalue weighted by Gasteiger charge is -2.14. The van der Waals surface area contributed by atoms with Gasteiger partial charge in [-0.2, -0.15) is 0 Å². The van der Waals surface area contributed by atoms with Crippen LogP contribution in [0.25, 0.3) is 17.2 Å². The molecule has 0 aliphatic heterocycles. The lowest BCUT2D eigenvalue weighted by atomic mass is 9.98. The Morgan fingerprint density at radius 3 is 2.25 bits per heavy atom. The number of fused-ring (bicyclic) bond motifs is 3. The van der Waals surface area contributed by atoms with Gasteiger partial charge in [-0.05, 0) is 40.5 Å². The third-order valence-electron chi connectivity index (χ3n) is 4.75. The van der Waals surface area contributed by atoms with Crippen molar-refractivity contribution in [2.75, 3.05) is 13.2 Å². The summed E-state index contributed by atoms with van der Waals surface area (Å²) in [6.45, 7) is 0.669. The van der Waals surface area contributed by atoms with Crippen molar-refractivity contribution < 1.29 is 14.3 Å². The van der Waals surface area contributed by atoms with Crippen molar-refractivity contribution >= 4 is 29.8 Å². The fourth-order valence-corrected chi connectivity index (χ4v) is 4.24. The standard InChI is InChI=1S/C23H19NO3S/c25-14-17-12-11-16(28-17)6-5-13-24-23(26)27-15-22-20-9-3-1-7-18(20)19-8-2-4-10-21(19)22/h1-12,14,22H,13,15H2,(H,24,26). The molecule has 1 heterocycles. The maximum absolute atomic E-state index is 12.1. The first-order valence-electron chi connectivity index (χ1n) is 9.06. The summed E-state index contributed by atoms with van der Waals surface area (Å²) in [5.74, 6) is 0.0570. The fraction of sp³-hybridized carbons (Fsp3) is 0.130. The summed E-state index contributed by atoms with van der Waals surface area (Å²) >= 11 is 1.41. The summed E-state index contributed by atoms with van der Waals surface area (Å²) < 4.78 is 5.49. The number of carbonyl (C=O) groups is 2. The summed E-state index contributed by atoms with van der Waals surface area (Å²) in [4.78, 5) is 24.4. The zero-order chi connectivity index (χ0) is 19.3. The van der Waals surface area contributed by atoms with Gasteiger partial charge in [-0.3, -0.25) is 4.79 Å². The van der Waals surface area contributed by atoms with Crippen molar-refractivity contribution in [2.24, 2.45) is 0 Å². The molecule has 1 amide bonds. The van der Waals surface area contributed by atoms with E-state index in [2.05, 4.69) is 29.6 Å². The number of thiophene rings is 1. The molecule has 0 fully saturated rings. The second kappa shape index (κ2) is 8.23. The zero-order valence-corrected chi connectivity index (χ0v) is 15.9. The second-order valence-corrected chi connectivity index (χ2v) is 7.61. The third kappa shape index (κ3) is 3.75. The molecule has 0 radical (unpaired) electrons. The van der Waals surface area contributed by atoms with Gasteiger partial charge in [-0.25, -0.2) is 4.79 Å². The Bertz CT molecular complexity index is 992. The molecule has 4 nitrogen and oxygen atoms in total. The number of aldehydes is 1. The summed E-state index contributed by atoms with van der Waals surface area (Å²) in [5, 5.41) is 2.73. The van der Waals surface area contributed by atoms with Crippen LogP contribution in [0.1, 0.15) is 31.6 Å². The highest BCUT2D eigenvalue weighted by molar-refractivity contribution is 7.14. The first-order chi connectivity index (χ1) is 13.8. The van der Waals surface area contributed by atoms with Gasteiger partial charge in [0.2, 0.25) is 0 Å². The van der Waals surface area contributed by atoms with Gasteiger partial charge in [0.1, 0.15) is 6.61 Å². The van der Waals surface area contributed by atoms with Crippen LogP contribution in [0.15, 0.2) is 66.7 Å². The van der Waals surface area contributed by atoms with Crippen LogP contribution in [0.4, 0.5) is 4.79 Å². The topological polar surface area (TPSA) is 55.4 Å². The predicted molar refractivity (Wildman–Crippen MR) is 112 cm³/mol. The van der Waals surface area contributed by atoms with E-state index in [0.29, 0.717) is 18.0 Å². The van der Waals surface area contributed by atoms with Crippen LogP contribution >= 0.6 is 11.3 Å². The van der Waals surface area contributed by atoms with Crippen molar-refractivity contribution in [1.82, 2.24) is 5.32 Å². The van der Waals surface area contributed by atoms with Crippen molar-refractivity contribution in [3.05, 3.63) is 87.6 Å². The van der Waals surface area contributed by atoms with Gasteiger partial charge >= 0.3 is 6.09 Å². The first-order valence-corrected chi connectivity index (χ1v) is 9.88. The molecule has 1 aliphatic rings. The van der Waals surface area contributed by atoms with Gasteiger partial charge in [0.25, 0.3) is 0 Å². The first kappa shape index (κ1) is 18.2. The van der Waals surface area contributed by atoms with Gasteiger partial charge in [0, 0.05) is 17.3 Å². The Labute approximate surface area is 167 Å². The number of rotatable bonds is 6. The van der Waals surface area contributed by atoms with Crippen LogP contribution in [-0.4, -0.2) is 25.5 Å². The molecule has 3 aromatic rings. The Balaban J connectivity index is 1.33. The SMILES string of the molecule is O=Cc1ccc(C=CCNC(=O)OCC2c3ccccc3-c3ccccc32)s1. The average Bonchev–Trinajstić information content (AvgIpc) is 3.32. The Hall–Kier alpha value is -3.18. The van der Waals surface area contributed by atoms with Crippen molar-refractivity contribution in [3.63, 3.8) is 0 Å². The summed E-state index contributed by atoms with van der Waals surface area (Å²) in [6, 6.07) is 20.2. The average molecular weight is 389 g/mol. The quantitative estimate of drug-likeness (QED) is 0.596. The number of nitrogens with one attached hydrogen (secondary N) is 1. The molecule has 0 spiro atoms. The van der Waals surface area contributed by atoms with Crippen molar-refractivity contribution in [2.45, 2.75) is 5.92 Å². The molecule has 1 N–H and O–H groups in total. The molecular formula is C23H19NO3S. The lowest BCUT2D eigenvalue weighted by Crippen LogP contribution is -2.26. The number of benzene rings is 2. The lowest BCUT2D eigenvalue weighted by molar-refractivity contribution is 0.112. The van der Waals surface area contributed by atoms with E-state index in [0.717, 1.165) is 11.2 Å². The van der Waals surface area contributed by atoms with E-state index in [1.807, 2.05) is 42.5 Å². The molecule has 2 aromatic carbocycles. The van der Waals surface area contributed by atoms with E-state index >= 15 is 0 Å². The highest BCUT2D eigenvalue weighted by Crippen LogP contribution is 2.44. The maximum atomic E-state index is 12.1. The van der Waals surface area contributed by atoms with Gasteiger partial charge < -0.3 is 10.1 Å². The molecule has 0 atom stereocenters. The molecule has 0 unspecified atom stereocenters. The third-order valence-corrected chi connectivity index (χ3v) is 5.73. The smallest absolute Gasteiger partial charge is 0.407 e. The van der Waals surface area contributed by atoms with Gasteiger partial charge in [0.15, 0.2) is 6.29 Å². The largest absolute Gasteiger partial charge is 0.449 e. The molecule has 5 heteroatoms. The fourth-order valence-electron chi connectivity index (χ4n) is 3.49. The molecule has 28 heavy (non-hydrogen) atoms. The van der Waals surface area contributed by atoms with E-state index in [4.69, 9.17) is 4.74 Å². The van der Waals surface area contributed by atoms with E-state index in [1.54, 1.807) is 6.07 Å². The van der Waals surface area contributed by atoms with Crippen LogP contribution in [0, 0.1) is 0 Å². The number of hydrogen-bond acceptors (Lipinski definition) is 4. The Morgan fingerprint density at radius 1 is 0.964 bits per heavy atom. The van der Waals surface area contributed by atoms with Crippen LogP contribution < -0.4 is 5.32 Å². The zero-order valence-electron chi connectivity index (χ0n) is 15.1. The number of ether oxygens (including phenoxy) is 1. The van der Waals surface area contributed by atoms with Crippen LogP contribution in [0.2, 0.25) is 0 Å². The van der Waals surface area contributed by atoms with E-state index in [9.17, 15) is 9.59 Å². The number of hydrogen-bond donors (Lipinski definition) is 1. The summed E-state index contributed by atoms with van der Waals surface area (Å²) in [6.07, 6.45) is 4.10. The minimum absolute atomic E-state index is 0.0570. The normalized spacial score (nSPS) is 12.6. The molecule has 0 bridgehead atoms. The maximum Gasteiger partial charge on any atom is 0.407 e. The van der Waals surface area contributed by atoms with E-state index in [1.165, 1.54) is 33.6 Å². The predicted octanol–water partition coefficient (Wildman–Crippen LogP) is 5.11. The molecule has 0 saturated heterocycles. The number of carbonyl (C=O) groups excluding carboxylic acids is 2. The molecule has 0 saturated carbocycles. The number of amides is 1. The van der Waals surface area contributed by atoms with Gasteiger partial charge in [-0.1, -0.05) is 54.6 Å². The highest BCUT2D eigenvalue weighted by atomic mass is 32.1. The second-order valence-electron chi connectivity index (χ2n) is 6.47. The van der Waals surface area contributed by atoms with E-state index < -0.39 is 6.09 Å². The monoisotopic (exact) mass is 389 g/mol. The van der Waals surface area contributed by atoms with Crippen molar-refractivity contribution in [3.8, 4) is 11.1 Å². The van der Waals surface area contributed by atoms with Crippen LogP contribution in [0.5, 0.6) is 0 Å². The molecule has 1 aliphatic carbocycles. The Kier molecular flexibility index (Phi) is 5.35. The summed E-state index contributed by atoms with van der Waals surface area (Å²) in [7, 11) is 0. The highest BCUT2D eigenvalue weighted by Gasteiger charge is 2.28.